The standard InChI is InChI=1S/C12H19N3O2S/c1-2-6-17-9-4-3-5-15(7-9)11(16)10-8-18-12(13)14-10/h8-9H,2-7H2,1H3,(H2,13,14). The summed E-state index contributed by atoms with van der Waals surface area (Å²) in [5.41, 5.74) is 6.00. The van der Waals surface area contributed by atoms with Crippen LogP contribution in [-0.4, -0.2) is 41.6 Å². The molecule has 0 aliphatic carbocycles. The number of hydrogen-bond donors (Lipinski definition) is 1. The fraction of sp³-hybridized carbons (Fsp3) is 0.667. The molecule has 6 heteroatoms. The molecule has 1 fully saturated rings. The molecule has 0 bridgehead atoms. The molecule has 0 saturated carbocycles. The minimum Gasteiger partial charge on any atom is -0.376 e. The molecule has 1 saturated heterocycles. The maximum Gasteiger partial charge on any atom is 0.273 e. The number of aromatic nitrogens is 1. The fourth-order valence-corrected chi connectivity index (χ4v) is 2.63. The Bertz CT molecular complexity index is 408. The number of amides is 1. The van der Waals surface area contributed by atoms with Gasteiger partial charge in [0.1, 0.15) is 5.69 Å². The summed E-state index contributed by atoms with van der Waals surface area (Å²) in [5.74, 6) is -0.0345. The molecule has 1 atom stereocenters. The van der Waals surface area contributed by atoms with Crippen LogP contribution in [0.25, 0.3) is 0 Å². The molecule has 2 rings (SSSR count). The van der Waals surface area contributed by atoms with E-state index in [1.807, 2.05) is 4.90 Å². The van der Waals surface area contributed by atoms with Gasteiger partial charge in [-0.1, -0.05) is 6.92 Å². The predicted molar refractivity (Wildman–Crippen MR) is 71.7 cm³/mol. The van der Waals surface area contributed by atoms with Crippen molar-refractivity contribution in [2.24, 2.45) is 0 Å². The van der Waals surface area contributed by atoms with E-state index in [2.05, 4.69) is 11.9 Å². The summed E-state index contributed by atoms with van der Waals surface area (Å²) in [5, 5.41) is 2.16. The van der Waals surface area contributed by atoms with Gasteiger partial charge in [0.25, 0.3) is 5.91 Å². The van der Waals surface area contributed by atoms with E-state index in [0.29, 0.717) is 17.4 Å². The highest BCUT2D eigenvalue weighted by atomic mass is 32.1. The van der Waals surface area contributed by atoms with Crippen LogP contribution in [0.1, 0.15) is 36.7 Å². The Morgan fingerprint density at radius 2 is 2.56 bits per heavy atom. The van der Waals surface area contributed by atoms with Crippen molar-refractivity contribution in [3.8, 4) is 0 Å². The Kier molecular flexibility index (Phi) is 4.54. The molecular weight excluding hydrogens is 250 g/mol. The number of nitrogens with two attached hydrogens (primary N) is 1. The third kappa shape index (κ3) is 3.20. The number of rotatable bonds is 4. The molecule has 1 aromatic heterocycles. The van der Waals surface area contributed by atoms with E-state index in [4.69, 9.17) is 10.5 Å². The van der Waals surface area contributed by atoms with Crippen molar-refractivity contribution in [1.29, 1.82) is 0 Å². The first-order valence-electron chi connectivity index (χ1n) is 6.32. The van der Waals surface area contributed by atoms with Crippen molar-refractivity contribution in [3.63, 3.8) is 0 Å². The molecule has 18 heavy (non-hydrogen) atoms. The molecular formula is C12H19N3O2S. The Labute approximate surface area is 111 Å². The van der Waals surface area contributed by atoms with Crippen molar-refractivity contribution in [2.45, 2.75) is 32.3 Å². The SMILES string of the molecule is CCCOC1CCCN(C(=O)c2csc(N)n2)C1. The zero-order valence-electron chi connectivity index (χ0n) is 10.6. The molecule has 1 aliphatic rings. The Hall–Kier alpha value is -1.14. The van der Waals surface area contributed by atoms with Crippen LogP contribution in [0, 0.1) is 0 Å². The van der Waals surface area contributed by atoms with Gasteiger partial charge in [0.05, 0.1) is 6.10 Å². The smallest absolute Gasteiger partial charge is 0.273 e. The highest BCUT2D eigenvalue weighted by Crippen LogP contribution is 2.18. The van der Waals surface area contributed by atoms with E-state index in [1.165, 1.54) is 11.3 Å². The van der Waals surface area contributed by atoms with Gasteiger partial charge in [-0.3, -0.25) is 4.79 Å². The van der Waals surface area contributed by atoms with Gasteiger partial charge in [0, 0.05) is 25.1 Å². The number of carbonyl (C=O) groups excluding carboxylic acids is 1. The van der Waals surface area contributed by atoms with Crippen LogP contribution in [0.3, 0.4) is 0 Å². The number of ether oxygens (including phenoxy) is 1. The summed E-state index contributed by atoms with van der Waals surface area (Å²) in [7, 11) is 0. The first kappa shape index (κ1) is 13.3. The summed E-state index contributed by atoms with van der Waals surface area (Å²) in [4.78, 5) is 18.0. The van der Waals surface area contributed by atoms with Crippen LogP contribution in [0.15, 0.2) is 5.38 Å². The maximum atomic E-state index is 12.2. The first-order chi connectivity index (χ1) is 8.70. The van der Waals surface area contributed by atoms with Gasteiger partial charge in [-0.05, 0) is 19.3 Å². The van der Waals surface area contributed by atoms with E-state index in [0.717, 1.165) is 32.4 Å². The average Bonchev–Trinajstić information content (AvgIpc) is 2.82. The number of nitrogen functional groups attached to an aromatic ring is 1. The Morgan fingerprint density at radius 1 is 1.72 bits per heavy atom. The monoisotopic (exact) mass is 269 g/mol. The number of piperidine rings is 1. The second kappa shape index (κ2) is 6.15. The minimum absolute atomic E-state index is 0.0345. The van der Waals surface area contributed by atoms with Crippen molar-refractivity contribution in [1.82, 2.24) is 9.88 Å². The topological polar surface area (TPSA) is 68.5 Å². The maximum absolute atomic E-state index is 12.2. The molecule has 1 amide bonds. The minimum atomic E-state index is -0.0345. The quantitative estimate of drug-likeness (QED) is 0.904. The van der Waals surface area contributed by atoms with Crippen molar-refractivity contribution >= 4 is 22.4 Å². The molecule has 2 N–H and O–H groups in total. The van der Waals surface area contributed by atoms with Gasteiger partial charge in [-0.15, -0.1) is 11.3 Å². The lowest BCUT2D eigenvalue weighted by molar-refractivity contribution is 0.00195. The highest BCUT2D eigenvalue weighted by molar-refractivity contribution is 7.13. The lowest BCUT2D eigenvalue weighted by Gasteiger charge is -2.32. The van der Waals surface area contributed by atoms with Gasteiger partial charge in [0.2, 0.25) is 0 Å². The van der Waals surface area contributed by atoms with E-state index >= 15 is 0 Å². The second-order valence-corrected chi connectivity index (χ2v) is 5.35. The van der Waals surface area contributed by atoms with E-state index < -0.39 is 0 Å². The molecule has 1 unspecified atom stereocenters. The second-order valence-electron chi connectivity index (χ2n) is 4.46. The van der Waals surface area contributed by atoms with Crippen LogP contribution in [0.2, 0.25) is 0 Å². The van der Waals surface area contributed by atoms with Crippen molar-refractivity contribution in [3.05, 3.63) is 11.1 Å². The zero-order valence-corrected chi connectivity index (χ0v) is 11.4. The van der Waals surface area contributed by atoms with Gasteiger partial charge in [0.15, 0.2) is 5.13 Å². The summed E-state index contributed by atoms with van der Waals surface area (Å²) in [6.45, 7) is 4.29. The van der Waals surface area contributed by atoms with Gasteiger partial charge in [-0.25, -0.2) is 4.98 Å². The largest absolute Gasteiger partial charge is 0.376 e. The number of likely N-dealkylation sites (tertiary alicyclic amines) is 1. The summed E-state index contributed by atoms with van der Waals surface area (Å²) in [6, 6.07) is 0. The van der Waals surface area contributed by atoms with Gasteiger partial charge >= 0.3 is 0 Å². The summed E-state index contributed by atoms with van der Waals surface area (Å²) >= 11 is 1.30. The van der Waals surface area contributed by atoms with Crippen LogP contribution < -0.4 is 5.73 Å². The molecule has 1 aromatic rings. The van der Waals surface area contributed by atoms with E-state index in [-0.39, 0.29) is 12.0 Å². The molecule has 5 nitrogen and oxygen atoms in total. The van der Waals surface area contributed by atoms with Gasteiger partial charge in [-0.2, -0.15) is 0 Å². The van der Waals surface area contributed by atoms with E-state index in [1.54, 1.807) is 5.38 Å². The number of nitrogens with zero attached hydrogens (tertiary/aromatic N) is 2. The molecule has 2 heterocycles. The molecule has 0 spiro atoms. The van der Waals surface area contributed by atoms with E-state index in [9.17, 15) is 4.79 Å². The normalized spacial score (nSPS) is 20.1. The summed E-state index contributed by atoms with van der Waals surface area (Å²) in [6.07, 6.45) is 3.19. The van der Waals surface area contributed by atoms with Crippen LogP contribution in [0.4, 0.5) is 5.13 Å². The third-order valence-electron chi connectivity index (χ3n) is 2.96. The highest BCUT2D eigenvalue weighted by Gasteiger charge is 2.25. The molecule has 0 aromatic carbocycles. The zero-order chi connectivity index (χ0) is 13.0. The number of anilines is 1. The number of carbonyl (C=O) groups is 1. The Balaban J connectivity index is 1.94. The lowest BCUT2D eigenvalue weighted by atomic mass is 10.1. The molecule has 0 radical (unpaired) electrons. The third-order valence-corrected chi connectivity index (χ3v) is 3.64. The van der Waals surface area contributed by atoms with Crippen LogP contribution in [-0.2, 0) is 4.74 Å². The van der Waals surface area contributed by atoms with Crippen LogP contribution >= 0.6 is 11.3 Å². The lowest BCUT2D eigenvalue weighted by Crippen LogP contribution is -2.43. The average molecular weight is 269 g/mol. The summed E-state index contributed by atoms with van der Waals surface area (Å²) < 4.78 is 5.72. The number of thiazole rings is 1. The predicted octanol–water partition coefficient (Wildman–Crippen LogP) is 1.76. The van der Waals surface area contributed by atoms with Gasteiger partial charge < -0.3 is 15.4 Å². The molecule has 100 valence electrons. The number of hydrogen-bond acceptors (Lipinski definition) is 5. The molecule has 1 aliphatic heterocycles. The Morgan fingerprint density at radius 3 is 3.22 bits per heavy atom. The van der Waals surface area contributed by atoms with Crippen LogP contribution in [0.5, 0.6) is 0 Å². The van der Waals surface area contributed by atoms with Crippen molar-refractivity contribution < 1.29 is 9.53 Å². The fourth-order valence-electron chi connectivity index (χ4n) is 2.09. The first-order valence-corrected chi connectivity index (χ1v) is 7.20. The van der Waals surface area contributed by atoms with Crippen molar-refractivity contribution in [2.75, 3.05) is 25.4 Å².